The first-order chi connectivity index (χ1) is 9.67. The van der Waals surface area contributed by atoms with E-state index >= 15 is 0 Å². The molecule has 0 spiro atoms. The highest BCUT2D eigenvalue weighted by Crippen LogP contribution is 2.27. The summed E-state index contributed by atoms with van der Waals surface area (Å²) >= 11 is 0. The number of hydrogen-bond acceptors (Lipinski definition) is 2. The maximum atomic E-state index is 12.0. The summed E-state index contributed by atoms with van der Waals surface area (Å²) in [6.07, 6.45) is 5.05. The third-order valence-electron chi connectivity index (χ3n) is 3.90. The molecule has 0 saturated carbocycles. The molecule has 1 saturated heterocycles. The molecule has 1 atom stereocenters. The minimum Gasteiger partial charge on any atom is -0.338 e. The Morgan fingerprint density at radius 1 is 1.45 bits per heavy atom. The number of aryl methyl sites for hydroxylation is 1. The Balaban J connectivity index is 2.00. The SMILES string of the molecule is CCCNC(=O)N1CCC(c2ncc(C)n2CCC)C1. The quantitative estimate of drug-likeness (QED) is 0.899. The third kappa shape index (κ3) is 3.14. The van der Waals surface area contributed by atoms with Crippen molar-refractivity contribution in [3.05, 3.63) is 17.7 Å². The van der Waals surface area contributed by atoms with Gasteiger partial charge in [0.25, 0.3) is 0 Å². The van der Waals surface area contributed by atoms with Crippen LogP contribution in [0.25, 0.3) is 0 Å². The summed E-state index contributed by atoms with van der Waals surface area (Å²) in [4.78, 5) is 18.5. The van der Waals surface area contributed by atoms with Crippen molar-refractivity contribution in [2.45, 2.75) is 52.5 Å². The zero-order valence-electron chi connectivity index (χ0n) is 12.9. The first-order valence-corrected chi connectivity index (χ1v) is 7.72. The number of carbonyl (C=O) groups is 1. The van der Waals surface area contributed by atoms with Crippen molar-refractivity contribution in [3.63, 3.8) is 0 Å². The van der Waals surface area contributed by atoms with Gasteiger partial charge < -0.3 is 14.8 Å². The molecule has 20 heavy (non-hydrogen) atoms. The molecule has 1 N–H and O–H groups in total. The van der Waals surface area contributed by atoms with E-state index in [2.05, 4.69) is 35.6 Å². The van der Waals surface area contributed by atoms with Crippen LogP contribution in [0, 0.1) is 6.92 Å². The maximum absolute atomic E-state index is 12.0. The van der Waals surface area contributed by atoms with Crippen LogP contribution in [0.4, 0.5) is 4.79 Å². The summed E-state index contributed by atoms with van der Waals surface area (Å²) in [6.45, 7) is 9.74. The molecule has 0 aliphatic carbocycles. The Morgan fingerprint density at radius 2 is 2.25 bits per heavy atom. The van der Waals surface area contributed by atoms with Crippen LogP contribution in [-0.2, 0) is 6.54 Å². The van der Waals surface area contributed by atoms with Gasteiger partial charge in [0.15, 0.2) is 0 Å². The fourth-order valence-corrected chi connectivity index (χ4v) is 2.82. The third-order valence-corrected chi connectivity index (χ3v) is 3.90. The molecule has 1 aliphatic heterocycles. The van der Waals surface area contributed by atoms with Gasteiger partial charge in [0.05, 0.1) is 0 Å². The van der Waals surface area contributed by atoms with E-state index in [1.807, 2.05) is 11.1 Å². The first kappa shape index (κ1) is 14.9. The van der Waals surface area contributed by atoms with Gasteiger partial charge in [-0.2, -0.15) is 0 Å². The van der Waals surface area contributed by atoms with Crippen molar-refractivity contribution in [2.75, 3.05) is 19.6 Å². The molecule has 2 amide bonds. The Morgan fingerprint density at radius 3 is 2.95 bits per heavy atom. The number of nitrogens with one attached hydrogen (secondary N) is 1. The monoisotopic (exact) mass is 278 g/mol. The van der Waals surface area contributed by atoms with Crippen molar-refractivity contribution < 1.29 is 4.79 Å². The van der Waals surface area contributed by atoms with Gasteiger partial charge >= 0.3 is 6.03 Å². The van der Waals surface area contributed by atoms with Gasteiger partial charge in [-0.05, 0) is 26.2 Å². The molecule has 2 heterocycles. The van der Waals surface area contributed by atoms with Crippen LogP contribution in [0.5, 0.6) is 0 Å². The predicted molar refractivity (Wildman–Crippen MR) is 79.9 cm³/mol. The summed E-state index contributed by atoms with van der Waals surface area (Å²) < 4.78 is 2.30. The smallest absolute Gasteiger partial charge is 0.317 e. The number of nitrogens with zero attached hydrogens (tertiary/aromatic N) is 3. The van der Waals surface area contributed by atoms with E-state index in [0.29, 0.717) is 5.92 Å². The second-order valence-corrected chi connectivity index (χ2v) is 5.57. The molecule has 1 fully saturated rings. The molecule has 1 unspecified atom stereocenters. The van der Waals surface area contributed by atoms with Crippen LogP contribution in [0.3, 0.4) is 0 Å². The number of imidazole rings is 1. The van der Waals surface area contributed by atoms with Crippen LogP contribution < -0.4 is 5.32 Å². The molecule has 1 aromatic rings. The van der Waals surface area contributed by atoms with Gasteiger partial charge in [0.2, 0.25) is 0 Å². The Kier molecular flexibility index (Phi) is 5.04. The van der Waals surface area contributed by atoms with Gasteiger partial charge in [-0.25, -0.2) is 9.78 Å². The van der Waals surface area contributed by atoms with E-state index in [1.54, 1.807) is 0 Å². The lowest BCUT2D eigenvalue weighted by Crippen LogP contribution is -2.38. The van der Waals surface area contributed by atoms with Crippen molar-refractivity contribution in [1.82, 2.24) is 19.8 Å². The second-order valence-electron chi connectivity index (χ2n) is 5.57. The van der Waals surface area contributed by atoms with E-state index in [-0.39, 0.29) is 6.03 Å². The molecule has 112 valence electrons. The summed E-state index contributed by atoms with van der Waals surface area (Å²) in [7, 11) is 0. The number of carbonyl (C=O) groups excluding carboxylic acids is 1. The van der Waals surface area contributed by atoms with Crippen molar-refractivity contribution in [3.8, 4) is 0 Å². The van der Waals surface area contributed by atoms with Gasteiger partial charge in [0.1, 0.15) is 5.82 Å². The average Bonchev–Trinajstić information content (AvgIpc) is 3.05. The molecular formula is C15H26N4O. The summed E-state index contributed by atoms with van der Waals surface area (Å²) in [5.41, 5.74) is 1.22. The van der Waals surface area contributed by atoms with Gasteiger partial charge in [-0.3, -0.25) is 0 Å². The number of aromatic nitrogens is 2. The van der Waals surface area contributed by atoms with Crippen molar-refractivity contribution >= 4 is 6.03 Å². The zero-order chi connectivity index (χ0) is 14.5. The largest absolute Gasteiger partial charge is 0.338 e. The molecule has 2 rings (SSSR count). The lowest BCUT2D eigenvalue weighted by Gasteiger charge is -2.18. The average molecular weight is 278 g/mol. The maximum Gasteiger partial charge on any atom is 0.317 e. The summed E-state index contributed by atoms with van der Waals surface area (Å²) in [5.74, 6) is 1.53. The van der Waals surface area contributed by atoms with Crippen LogP contribution in [-0.4, -0.2) is 40.1 Å². The van der Waals surface area contributed by atoms with Gasteiger partial charge in [-0.15, -0.1) is 0 Å². The number of rotatable bonds is 5. The van der Waals surface area contributed by atoms with E-state index in [0.717, 1.165) is 51.3 Å². The van der Waals surface area contributed by atoms with Crippen LogP contribution >= 0.6 is 0 Å². The van der Waals surface area contributed by atoms with E-state index in [4.69, 9.17) is 0 Å². The normalized spacial score (nSPS) is 18.6. The minimum atomic E-state index is 0.0691. The Bertz CT molecular complexity index is 455. The van der Waals surface area contributed by atoms with Crippen molar-refractivity contribution in [1.29, 1.82) is 0 Å². The first-order valence-electron chi connectivity index (χ1n) is 7.72. The lowest BCUT2D eigenvalue weighted by atomic mass is 10.1. The summed E-state index contributed by atoms with van der Waals surface area (Å²) in [5, 5.41) is 2.95. The highest BCUT2D eigenvalue weighted by atomic mass is 16.2. The highest BCUT2D eigenvalue weighted by Gasteiger charge is 2.30. The number of urea groups is 1. The zero-order valence-corrected chi connectivity index (χ0v) is 12.9. The lowest BCUT2D eigenvalue weighted by molar-refractivity contribution is 0.208. The highest BCUT2D eigenvalue weighted by molar-refractivity contribution is 5.74. The summed E-state index contributed by atoms with van der Waals surface area (Å²) in [6, 6.07) is 0.0691. The number of hydrogen-bond donors (Lipinski definition) is 1. The van der Waals surface area contributed by atoms with E-state index < -0.39 is 0 Å². The fraction of sp³-hybridized carbons (Fsp3) is 0.733. The van der Waals surface area contributed by atoms with Crippen molar-refractivity contribution in [2.24, 2.45) is 0 Å². The molecule has 0 radical (unpaired) electrons. The molecule has 1 aromatic heterocycles. The second kappa shape index (κ2) is 6.77. The van der Waals surface area contributed by atoms with E-state index in [9.17, 15) is 4.79 Å². The Labute approximate surface area is 121 Å². The Hall–Kier alpha value is -1.52. The fourth-order valence-electron chi connectivity index (χ4n) is 2.82. The van der Waals surface area contributed by atoms with Gasteiger partial charge in [-0.1, -0.05) is 13.8 Å². The number of amides is 2. The standard InChI is InChI=1S/C15H26N4O/c1-4-7-16-15(20)18-9-6-13(11-18)14-17-10-12(3)19(14)8-5-2/h10,13H,4-9,11H2,1-3H3,(H,16,20). The predicted octanol–water partition coefficient (Wildman–Crippen LogP) is 2.51. The minimum absolute atomic E-state index is 0.0691. The molecular weight excluding hydrogens is 252 g/mol. The van der Waals surface area contributed by atoms with Crippen LogP contribution in [0.2, 0.25) is 0 Å². The van der Waals surface area contributed by atoms with Crippen LogP contribution in [0.1, 0.15) is 50.5 Å². The molecule has 1 aliphatic rings. The topological polar surface area (TPSA) is 50.2 Å². The molecule has 5 nitrogen and oxygen atoms in total. The molecule has 0 bridgehead atoms. The van der Waals surface area contributed by atoms with Crippen LogP contribution in [0.15, 0.2) is 6.20 Å². The molecule has 0 aromatic carbocycles. The van der Waals surface area contributed by atoms with E-state index in [1.165, 1.54) is 5.69 Å². The van der Waals surface area contributed by atoms with Gasteiger partial charge in [0, 0.05) is 44.0 Å². The number of likely N-dealkylation sites (tertiary alicyclic amines) is 1. The molecule has 5 heteroatoms.